The van der Waals surface area contributed by atoms with Gasteiger partial charge in [-0.3, -0.25) is 9.59 Å². The molecule has 9 heteroatoms. The zero-order valence-electron chi connectivity index (χ0n) is 13.4. The maximum Gasteiger partial charge on any atom is 0.211 e. The highest BCUT2D eigenvalue weighted by molar-refractivity contribution is 7.90. The van der Waals surface area contributed by atoms with Crippen LogP contribution >= 0.6 is 0 Å². The molecule has 0 saturated carbocycles. The Bertz CT molecular complexity index is 961. The van der Waals surface area contributed by atoms with E-state index < -0.39 is 21.0 Å². The fourth-order valence-electron chi connectivity index (χ4n) is 1.76. The van der Waals surface area contributed by atoms with Crippen LogP contribution in [0.2, 0.25) is 0 Å². The quantitative estimate of drug-likeness (QED) is 0.565. The Morgan fingerprint density at radius 2 is 2.00 bits per heavy atom. The fraction of sp³-hybridized carbons (Fsp3) is 0.200. The molecule has 0 bridgehead atoms. The molecule has 0 unspecified atom stereocenters. The first-order chi connectivity index (χ1) is 11.2. The number of rotatable bonds is 5. The van der Waals surface area contributed by atoms with Crippen molar-refractivity contribution in [2.24, 2.45) is 0 Å². The number of pyridine rings is 1. The fourth-order valence-corrected chi connectivity index (χ4v) is 2.35. The van der Waals surface area contributed by atoms with Gasteiger partial charge in [-0.25, -0.2) is 18.1 Å². The number of carbonyl (C=O) groups excluding carboxylic acids is 1. The summed E-state index contributed by atoms with van der Waals surface area (Å²) >= 11 is 0. The molecular formula is C15H16N4O4S. The molecule has 0 amide bonds. The molecule has 0 aliphatic carbocycles. The third-order valence-corrected chi connectivity index (χ3v) is 3.91. The van der Waals surface area contributed by atoms with E-state index in [1.165, 1.54) is 47.6 Å². The third kappa shape index (κ3) is 4.13. The van der Waals surface area contributed by atoms with Gasteiger partial charge in [0, 0.05) is 57.2 Å². The molecule has 0 saturated heterocycles. The van der Waals surface area contributed by atoms with Gasteiger partial charge in [-0.05, 0) is 6.07 Å². The molecule has 0 aromatic carbocycles. The van der Waals surface area contributed by atoms with Gasteiger partial charge in [0.05, 0.1) is 5.69 Å². The molecule has 2 aromatic heterocycles. The molecule has 0 atom stereocenters. The lowest BCUT2D eigenvalue weighted by Crippen LogP contribution is -2.20. The average molecular weight is 348 g/mol. The number of ketones is 1. The molecule has 24 heavy (non-hydrogen) atoms. The number of nitrogens with zero attached hydrogens (tertiary/aromatic N) is 4. The van der Waals surface area contributed by atoms with Crippen molar-refractivity contribution in [1.29, 1.82) is 0 Å². The van der Waals surface area contributed by atoms with Gasteiger partial charge < -0.3 is 4.90 Å². The van der Waals surface area contributed by atoms with Crippen LogP contribution in [0.3, 0.4) is 0 Å². The maximum absolute atomic E-state index is 12.1. The summed E-state index contributed by atoms with van der Waals surface area (Å²) in [6.07, 6.45) is 6.46. The molecule has 2 rings (SSSR count). The second kappa shape index (κ2) is 6.75. The summed E-state index contributed by atoms with van der Waals surface area (Å²) in [5.74, 6) is -0.541. The van der Waals surface area contributed by atoms with Crippen LogP contribution in [0, 0.1) is 0 Å². The van der Waals surface area contributed by atoms with Gasteiger partial charge in [0.2, 0.25) is 11.2 Å². The molecule has 2 aromatic rings. The molecule has 0 fully saturated rings. The van der Waals surface area contributed by atoms with Crippen molar-refractivity contribution in [3.8, 4) is 5.69 Å². The lowest BCUT2D eigenvalue weighted by atomic mass is 10.2. The predicted molar refractivity (Wildman–Crippen MR) is 87.9 cm³/mol. The normalized spacial score (nSPS) is 11.6. The summed E-state index contributed by atoms with van der Waals surface area (Å²) in [5.41, 5.74) is -0.401. The average Bonchev–Trinajstić information content (AvgIpc) is 2.52. The highest BCUT2D eigenvalue weighted by Gasteiger charge is 2.13. The van der Waals surface area contributed by atoms with Gasteiger partial charge >= 0.3 is 0 Å². The van der Waals surface area contributed by atoms with Crippen molar-refractivity contribution < 1.29 is 13.2 Å². The summed E-state index contributed by atoms with van der Waals surface area (Å²) in [6, 6.07) is 4.04. The highest BCUT2D eigenvalue weighted by atomic mass is 32.2. The zero-order valence-corrected chi connectivity index (χ0v) is 14.2. The van der Waals surface area contributed by atoms with Crippen molar-refractivity contribution in [2.45, 2.75) is 5.03 Å². The van der Waals surface area contributed by atoms with Crippen LogP contribution in [0.25, 0.3) is 5.69 Å². The van der Waals surface area contributed by atoms with Crippen molar-refractivity contribution in [1.82, 2.24) is 19.7 Å². The third-order valence-electron chi connectivity index (χ3n) is 2.93. The number of allylic oxidation sites excluding steroid dienone is 1. The molecule has 2 heterocycles. The Kier molecular flexibility index (Phi) is 4.93. The van der Waals surface area contributed by atoms with Crippen LogP contribution in [0.4, 0.5) is 0 Å². The van der Waals surface area contributed by atoms with E-state index in [-0.39, 0.29) is 10.7 Å². The van der Waals surface area contributed by atoms with Crippen LogP contribution < -0.4 is 5.43 Å². The molecule has 0 spiro atoms. The van der Waals surface area contributed by atoms with Gasteiger partial charge in [-0.1, -0.05) is 0 Å². The minimum Gasteiger partial charge on any atom is -0.383 e. The topological polar surface area (TPSA) is 102 Å². The number of sulfone groups is 1. The molecular weight excluding hydrogens is 332 g/mol. The Morgan fingerprint density at radius 3 is 2.62 bits per heavy atom. The van der Waals surface area contributed by atoms with E-state index in [0.29, 0.717) is 5.69 Å². The standard InChI is InChI=1S/C15H16N4O4S/c1-18(2)8-5-12(20)15-13(21)6-9-19(17-15)11-4-7-16-14(10-11)24(3,22)23/h4-10H,1-3H3/b8-5+. The molecule has 0 radical (unpaired) electrons. The summed E-state index contributed by atoms with van der Waals surface area (Å²) in [6.45, 7) is 0. The van der Waals surface area contributed by atoms with Gasteiger partial charge in [0.25, 0.3) is 0 Å². The second-order valence-electron chi connectivity index (χ2n) is 5.24. The van der Waals surface area contributed by atoms with Crippen molar-refractivity contribution in [3.63, 3.8) is 0 Å². The Morgan fingerprint density at radius 1 is 1.29 bits per heavy atom. The first-order valence-corrected chi connectivity index (χ1v) is 8.73. The Hall–Kier alpha value is -2.81. The lowest BCUT2D eigenvalue weighted by Gasteiger charge is -2.07. The maximum atomic E-state index is 12.1. The van der Waals surface area contributed by atoms with Gasteiger partial charge in [-0.2, -0.15) is 5.10 Å². The van der Waals surface area contributed by atoms with E-state index >= 15 is 0 Å². The smallest absolute Gasteiger partial charge is 0.211 e. The van der Waals surface area contributed by atoms with Crippen LogP contribution in [0.5, 0.6) is 0 Å². The van der Waals surface area contributed by atoms with E-state index in [9.17, 15) is 18.0 Å². The first-order valence-electron chi connectivity index (χ1n) is 6.84. The SMILES string of the molecule is CN(C)/C=C/C(=O)c1nn(-c2ccnc(S(C)(=O)=O)c2)ccc1=O. The van der Waals surface area contributed by atoms with Crippen LogP contribution in [0.1, 0.15) is 10.5 Å². The van der Waals surface area contributed by atoms with Gasteiger partial charge in [0.15, 0.2) is 20.6 Å². The summed E-state index contributed by atoms with van der Waals surface area (Å²) in [5, 5.41) is 3.88. The number of aromatic nitrogens is 3. The van der Waals surface area contributed by atoms with Crippen LogP contribution in [0.15, 0.2) is 52.7 Å². The monoisotopic (exact) mass is 348 g/mol. The Balaban J connectivity index is 2.49. The van der Waals surface area contributed by atoms with E-state index in [0.717, 1.165) is 6.26 Å². The van der Waals surface area contributed by atoms with Crippen LogP contribution in [-0.2, 0) is 9.84 Å². The molecule has 126 valence electrons. The minimum absolute atomic E-state index is 0.124. The van der Waals surface area contributed by atoms with Crippen LogP contribution in [-0.4, -0.2) is 54.2 Å². The molecule has 0 N–H and O–H groups in total. The predicted octanol–water partition coefficient (Wildman–Crippen LogP) is 0.289. The van der Waals surface area contributed by atoms with E-state index in [1.54, 1.807) is 19.0 Å². The summed E-state index contributed by atoms with van der Waals surface area (Å²) in [7, 11) is -0.00316. The summed E-state index contributed by atoms with van der Waals surface area (Å²) in [4.78, 5) is 29.4. The highest BCUT2D eigenvalue weighted by Crippen LogP contribution is 2.11. The number of hydrogen-bond donors (Lipinski definition) is 0. The van der Waals surface area contributed by atoms with Gasteiger partial charge in [0.1, 0.15) is 0 Å². The first kappa shape index (κ1) is 17.5. The molecule has 0 aliphatic rings. The number of carbonyl (C=O) groups is 1. The van der Waals surface area contributed by atoms with Gasteiger partial charge in [-0.15, -0.1) is 0 Å². The van der Waals surface area contributed by atoms with Crippen molar-refractivity contribution in [3.05, 3.63) is 58.8 Å². The molecule has 8 nitrogen and oxygen atoms in total. The van der Waals surface area contributed by atoms with E-state index in [1.807, 2.05) is 0 Å². The lowest BCUT2D eigenvalue weighted by molar-refractivity contribution is 0.103. The van der Waals surface area contributed by atoms with E-state index in [4.69, 9.17) is 0 Å². The number of hydrogen-bond acceptors (Lipinski definition) is 7. The largest absolute Gasteiger partial charge is 0.383 e. The van der Waals surface area contributed by atoms with E-state index in [2.05, 4.69) is 10.1 Å². The van der Waals surface area contributed by atoms with Crippen molar-refractivity contribution >= 4 is 15.6 Å². The zero-order chi connectivity index (χ0) is 17.9. The van der Waals surface area contributed by atoms with Crippen molar-refractivity contribution in [2.75, 3.05) is 20.4 Å². The molecule has 0 aliphatic heterocycles. The second-order valence-corrected chi connectivity index (χ2v) is 7.20. The Labute approximate surface area is 139 Å². The summed E-state index contributed by atoms with van der Waals surface area (Å²) < 4.78 is 24.4. The minimum atomic E-state index is -3.48.